The Labute approximate surface area is 213 Å². The van der Waals surface area contributed by atoms with E-state index in [1.54, 1.807) is 32.9 Å². The average Bonchev–Trinajstić information content (AvgIpc) is 2.73. The number of ether oxygens (including phenoxy) is 1. The van der Waals surface area contributed by atoms with Crippen molar-refractivity contribution in [2.45, 2.75) is 104 Å². The molecule has 1 aromatic rings. The van der Waals surface area contributed by atoms with Crippen LogP contribution in [0.4, 0.5) is 4.79 Å². The molecule has 5 N–H and O–H groups in total. The van der Waals surface area contributed by atoms with E-state index in [1.807, 2.05) is 34.6 Å². The Bertz CT molecular complexity index is 921. The van der Waals surface area contributed by atoms with Crippen LogP contribution in [0, 0.1) is 0 Å². The monoisotopic (exact) mass is 506 g/mol. The van der Waals surface area contributed by atoms with Crippen molar-refractivity contribution in [3.05, 3.63) is 29.8 Å². The van der Waals surface area contributed by atoms with E-state index in [0.717, 1.165) is 0 Å². The van der Waals surface area contributed by atoms with Gasteiger partial charge in [0.1, 0.15) is 23.4 Å². The van der Waals surface area contributed by atoms with Gasteiger partial charge >= 0.3 is 6.09 Å². The maximum absolute atomic E-state index is 14.1. The van der Waals surface area contributed by atoms with Gasteiger partial charge in [-0.2, -0.15) is 0 Å². The quantitative estimate of drug-likeness (QED) is 0.362. The molecule has 0 fully saturated rings. The van der Waals surface area contributed by atoms with Gasteiger partial charge in [-0.1, -0.05) is 19.1 Å². The first-order valence-electron chi connectivity index (χ1n) is 12.2. The fourth-order valence-electron chi connectivity index (χ4n) is 3.54. The van der Waals surface area contributed by atoms with Gasteiger partial charge in [-0.05, 0) is 79.0 Å². The number of amides is 4. The minimum Gasteiger partial charge on any atom is -0.508 e. The maximum Gasteiger partial charge on any atom is 0.408 e. The van der Waals surface area contributed by atoms with E-state index in [0.29, 0.717) is 12.0 Å². The third-order valence-corrected chi connectivity index (χ3v) is 5.57. The number of nitrogens with two attached hydrogens (primary N) is 1. The molecule has 0 aliphatic carbocycles. The molecule has 2 atom stereocenters. The molecule has 0 radical (unpaired) electrons. The molecule has 4 amide bonds. The van der Waals surface area contributed by atoms with E-state index in [-0.39, 0.29) is 24.6 Å². The predicted octanol–water partition coefficient (Wildman–Crippen LogP) is 3.13. The van der Waals surface area contributed by atoms with Crippen molar-refractivity contribution in [1.82, 2.24) is 15.5 Å². The molecule has 0 bridgehead atoms. The van der Waals surface area contributed by atoms with Crippen LogP contribution in [0.25, 0.3) is 0 Å². The highest BCUT2D eigenvalue weighted by molar-refractivity contribution is 5.93. The Morgan fingerprint density at radius 3 is 2.03 bits per heavy atom. The van der Waals surface area contributed by atoms with Gasteiger partial charge in [0, 0.05) is 18.0 Å². The molecule has 0 spiro atoms. The molecule has 1 aromatic carbocycles. The lowest BCUT2D eigenvalue weighted by molar-refractivity contribution is -0.149. The summed E-state index contributed by atoms with van der Waals surface area (Å²) in [5, 5.41) is 15.2. The van der Waals surface area contributed by atoms with Crippen LogP contribution in [-0.4, -0.2) is 57.0 Å². The lowest BCUT2D eigenvalue weighted by Gasteiger charge is -2.44. The fourth-order valence-corrected chi connectivity index (χ4v) is 3.54. The topological polar surface area (TPSA) is 151 Å². The number of nitrogens with zero attached hydrogens (tertiary/aromatic N) is 1. The fraction of sp³-hybridized carbons (Fsp3) is 0.615. The van der Waals surface area contributed by atoms with Gasteiger partial charge in [0.15, 0.2) is 0 Å². The van der Waals surface area contributed by atoms with Crippen LogP contribution in [0.5, 0.6) is 5.75 Å². The third-order valence-electron chi connectivity index (χ3n) is 5.57. The molecule has 10 heteroatoms. The second-order valence-corrected chi connectivity index (χ2v) is 10.7. The summed E-state index contributed by atoms with van der Waals surface area (Å²) in [5.41, 5.74) is 4.16. The number of carbonyl (C=O) groups is 4. The Balaban J connectivity index is 3.62. The smallest absolute Gasteiger partial charge is 0.408 e. The number of benzene rings is 1. The minimum atomic E-state index is -1.18. The number of phenols is 1. The van der Waals surface area contributed by atoms with Gasteiger partial charge in [0.2, 0.25) is 17.7 Å². The number of primary amides is 1. The molecule has 0 saturated carbocycles. The number of aromatic hydroxyl groups is 1. The third kappa shape index (κ3) is 9.39. The van der Waals surface area contributed by atoms with Gasteiger partial charge in [-0.25, -0.2) is 4.79 Å². The summed E-state index contributed by atoms with van der Waals surface area (Å²) >= 11 is 0. The highest BCUT2D eigenvalue weighted by atomic mass is 16.6. The molecule has 0 aromatic heterocycles. The van der Waals surface area contributed by atoms with Crippen LogP contribution in [-0.2, 0) is 19.1 Å². The molecule has 202 valence electrons. The lowest BCUT2D eigenvalue weighted by Crippen LogP contribution is -2.59. The summed E-state index contributed by atoms with van der Waals surface area (Å²) in [7, 11) is 0. The molecular weight excluding hydrogens is 464 g/mol. The van der Waals surface area contributed by atoms with Crippen LogP contribution in [0.3, 0.4) is 0 Å². The van der Waals surface area contributed by atoms with E-state index in [9.17, 15) is 24.3 Å². The van der Waals surface area contributed by atoms with Gasteiger partial charge in [-0.3, -0.25) is 14.4 Å². The number of nitrogens with one attached hydrogen (secondary N) is 2. The average molecular weight is 507 g/mol. The van der Waals surface area contributed by atoms with Gasteiger partial charge < -0.3 is 31.1 Å². The Kier molecular flexibility index (Phi) is 10.8. The summed E-state index contributed by atoms with van der Waals surface area (Å²) in [4.78, 5) is 53.2. The first-order chi connectivity index (χ1) is 16.5. The van der Waals surface area contributed by atoms with Crippen LogP contribution >= 0.6 is 0 Å². The lowest BCUT2D eigenvalue weighted by atomic mass is 9.91. The number of hydrogen-bond acceptors (Lipinski definition) is 6. The van der Waals surface area contributed by atoms with Gasteiger partial charge in [-0.15, -0.1) is 0 Å². The number of phenolic OH excluding ortho intramolecular Hbond substituents is 1. The highest BCUT2D eigenvalue weighted by Gasteiger charge is 2.43. The van der Waals surface area contributed by atoms with Crippen molar-refractivity contribution < 1.29 is 29.0 Å². The normalized spacial score (nSPS) is 13.5. The molecule has 2 unspecified atom stereocenters. The second kappa shape index (κ2) is 12.6. The maximum atomic E-state index is 14.1. The standard InChI is InChI=1S/C26H42N4O6/c1-9-26(7,8)30(21(22(33)28-16(2)3)17-10-12-18(31)13-11-17)23(34)19(14-15-20(27)32)29-24(35)36-25(4,5)6/h10-13,16,19,21,31H,9,14-15H2,1-8H3,(H2,27,32)(H,28,33)(H,29,35). The van der Waals surface area contributed by atoms with Crippen molar-refractivity contribution in [2.24, 2.45) is 5.73 Å². The van der Waals surface area contributed by atoms with Crippen molar-refractivity contribution >= 4 is 23.8 Å². The van der Waals surface area contributed by atoms with E-state index in [1.165, 1.54) is 17.0 Å². The molecule has 10 nitrogen and oxygen atoms in total. The zero-order valence-electron chi connectivity index (χ0n) is 22.7. The van der Waals surface area contributed by atoms with Crippen molar-refractivity contribution in [1.29, 1.82) is 0 Å². The number of carbonyl (C=O) groups excluding carboxylic acids is 4. The Morgan fingerprint density at radius 2 is 1.58 bits per heavy atom. The van der Waals surface area contributed by atoms with Crippen LogP contribution in [0.1, 0.15) is 86.3 Å². The summed E-state index contributed by atoms with van der Waals surface area (Å²) in [5.74, 6) is -1.60. The number of alkyl carbamates (subject to hydrolysis) is 1. The van der Waals surface area contributed by atoms with Crippen LogP contribution in [0.15, 0.2) is 24.3 Å². The van der Waals surface area contributed by atoms with E-state index in [4.69, 9.17) is 10.5 Å². The van der Waals surface area contributed by atoms with E-state index in [2.05, 4.69) is 10.6 Å². The van der Waals surface area contributed by atoms with Gasteiger partial charge in [0.25, 0.3) is 0 Å². The Morgan fingerprint density at radius 1 is 1.03 bits per heavy atom. The first-order valence-corrected chi connectivity index (χ1v) is 12.2. The second-order valence-electron chi connectivity index (χ2n) is 10.7. The zero-order chi connectivity index (χ0) is 27.8. The predicted molar refractivity (Wildman–Crippen MR) is 137 cm³/mol. The molecular formula is C26H42N4O6. The molecule has 36 heavy (non-hydrogen) atoms. The summed E-state index contributed by atoms with van der Waals surface area (Å²) in [6.07, 6.45) is -0.573. The minimum absolute atomic E-state index is 0.0142. The summed E-state index contributed by atoms with van der Waals surface area (Å²) in [6.45, 7) is 14.2. The van der Waals surface area contributed by atoms with Crippen molar-refractivity contribution in [3.8, 4) is 5.75 Å². The van der Waals surface area contributed by atoms with Crippen LogP contribution < -0.4 is 16.4 Å². The van der Waals surface area contributed by atoms with Crippen molar-refractivity contribution in [2.75, 3.05) is 0 Å². The number of rotatable bonds is 11. The molecule has 1 rings (SSSR count). The molecule has 0 heterocycles. The molecule has 0 aliphatic heterocycles. The Hall–Kier alpha value is -3.30. The molecule has 0 aliphatic rings. The van der Waals surface area contributed by atoms with Crippen molar-refractivity contribution in [3.63, 3.8) is 0 Å². The molecule has 0 saturated heterocycles. The SMILES string of the molecule is CCC(C)(C)N(C(=O)C(CCC(N)=O)NC(=O)OC(C)(C)C)C(C(=O)NC(C)C)c1ccc(O)cc1. The van der Waals surface area contributed by atoms with Crippen LogP contribution in [0.2, 0.25) is 0 Å². The highest BCUT2D eigenvalue weighted by Crippen LogP contribution is 2.33. The van der Waals surface area contributed by atoms with E-state index < -0.39 is 47.0 Å². The largest absolute Gasteiger partial charge is 0.508 e. The number of hydrogen-bond donors (Lipinski definition) is 4. The summed E-state index contributed by atoms with van der Waals surface area (Å²) in [6, 6.07) is 3.57. The zero-order valence-corrected chi connectivity index (χ0v) is 22.7. The first kappa shape index (κ1) is 30.7. The summed E-state index contributed by atoms with van der Waals surface area (Å²) < 4.78 is 5.33. The van der Waals surface area contributed by atoms with E-state index >= 15 is 0 Å². The van der Waals surface area contributed by atoms with Gasteiger partial charge in [0.05, 0.1) is 0 Å².